The number of aromatic nitrogens is 1. The third kappa shape index (κ3) is 9.88. The average molecular weight is 675 g/mol. The highest BCUT2D eigenvalue weighted by atomic mass is 19.4. The number of ether oxygens (including phenoxy) is 2. The molecule has 3 atom stereocenters. The predicted octanol–water partition coefficient (Wildman–Crippen LogP) is 4.41. The number of fused-ring (bicyclic) bond motifs is 1. The van der Waals surface area contributed by atoms with Gasteiger partial charge in [-0.1, -0.05) is 19.9 Å². The van der Waals surface area contributed by atoms with E-state index in [0.717, 1.165) is 0 Å². The van der Waals surface area contributed by atoms with Crippen LogP contribution in [0.4, 0.5) is 22.0 Å². The SMILES string of the molecule is CC(C)C[C@H](NC(=O)c1cc2c(OC(F)F)cccc2[nH]1)C(=O)N[C@@H](CC[C@@H]1CCCNC1=O)C(=O)COC(=O)C(C)(C)C(F)(F)F. The summed E-state index contributed by atoms with van der Waals surface area (Å²) >= 11 is 0. The van der Waals surface area contributed by atoms with E-state index in [0.29, 0.717) is 38.8 Å². The number of halogens is 5. The van der Waals surface area contributed by atoms with Crippen molar-refractivity contribution in [3.05, 3.63) is 30.0 Å². The van der Waals surface area contributed by atoms with Gasteiger partial charge in [0.1, 0.15) is 17.5 Å². The van der Waals surface area contributed by atoms with Crippen LogP contribution in [0.2, 0.25) is 0 Å². The van der Waals surface area contributed by atoms with Gasteiger partial charge in [-0.15, -0.1) is 0 Å². The third-order valence-corrected chi connectivity index (χ3v) is 7.89. The van der Waals surface area contributed by atoms with Gasteiger partial charge < -0.3 is 30.4 Å². The van der Waals surface area contributed by atoms with Gasteiger partial charge in [-0.2, -0.15) is 22.0 Å². The normalized spacial score (nSPS) is 16.8. The number of H-pyrrole nitrogens is 1. The highest BCUT2D eigenvalue weighted by Crippen LogP contribution is 2.38. The summed E-state index contributed by atoms with van der Waals surface area (Å²) in [6, 6.07) is 2.98. The van der Waals surface area contributed by atoms with Crippen molar-refractivity contribution in [2.75, 3.05) is 13.2 Å². The van der Waals surface area contributed by atoms with E-state index in [1.165, 1.54) is 24.3 Å². The number of amides is 3. The molecule has 0 aliphatic carbocycles. The van der Waals surface area contributed by atoms with Crippen molar-refractivity contribution in [3.8, 4) is 5.75 Å². The maximum atomic E-state index is 13.5. The van der Waals surface area contributed by atoms with Crippen LogP contribution >= 0.6 is 0 Å². The van der Waals surface area contributed by atoms with Gasteiger partial charge in [0.25, 0.3) is 5.91 Å². The van der Waals surface area contributed by atoms with Crippen molar-refractivity contribution in [1.82, 2.24) is 20.9 Å². The van der Waals surface area contributed by atoms with Crippen LogP contribution in [0.25, 0.3) is 10.9 Å². The molecule has 260 valence electrons. The molecule has 0 spiro atoms. The van der Waals surface area contributed by atoms with Gasteiger partial charge in [-0.3, -0.25) is 24.0 Å². The van der Waals surface area contributed by atoms with Crippen molar-refractivity contribution in [3.63, 3.8) is 0 Å². The highest BCUT2D eigenvalue weighted by molar-refractivity contribution is 6.02. The topological polar surface area (TPSA) is 156 Å². The number of carbonyl (C=O) groups is 5. The van der Waals surface area contributed by atoms with Gasteiger partial charge in [0.15, 0.2) is 17.8 Å². The number of hydrogen-bond donors (Lipinski definition) is 4. The lowest BCUT2D eigenvalue weighted by molar-refractivity contribution is -0.224. The van der Waals surface area contributed by atoms with E-state index in [9.17, 15) is 45.9 Å². The quantitative estimate of drug-likeness (QED) is 0.161. The number of benzene rings is 1. The highest BCUT2D eigenvalue weighted by Gasteiger charge is 2.54. The summed E-state index contributed by atoms with van der Waals surface area (Å²) in [5.41, 5.74) is -2.64. The molecule has 11 nitrogen and oxygen atoms in total. The zero-order chi connectivity index (χ0) is 35.1. The first-order chi connectivity index (χ1) is 21.9. The van der Waals surface area contributed by atoms with E-state index in [1.54, 1.807) is 13.8 Å². The summed E-state index contributed by atoms with van der Waals surface area (Å²) in [4.78, 5) is 67.2. The molecule has 1 aliphatic heterocycles. The fraction of sp³-hybridized carbons (Fsp3) is 0.581. The first-order valence-electron chi connectivity index (χ1n) is 15.1. The van der Waals surface area contributed by atoms with Gasteiger partial charge in [0, 0.05) is 23.4 Å². The van der Waals surface area contributed by atoms with Crippen LogP contribution in [0.15, 0.2) is 24.3 Å². The number of aromatic amines is 1. The number of rotatable bonds is 15. The van der Waals surface area contributed by atoms with Gasteiger partial charge in [-0.05, 0) is 70.1 Å². The number of Topliss-reactive ketones (excluding diaryl/α,β-unsaturated/α-hetero) is 1. The van der Waals surface area contributed by atoms with E-state index in [2.05, 4.69) is 25.7 Å². The summed E-state index contributed by atoms with van der Waals surface area (Å²) in [7, 11) is 0. The standard InChI is InChI=1S/C31H39F5N4O7/c1-16(2)13-21(40-27(44)22-14-18-19(38-22)8-5-9-24(18)47-29(32)33)26(43)39-20(11-10-17-7-6-12-37-25(17)42)23(41)15-46-28(45)30(3,4)31(34,35)36/h5,8-9,14,16-17,20-21,29,38H,6-7,10-13,15H2,1-4H3,(H,37,42)(H,39,43)(H,40,44)/t17-,20-,21-/m0/s1. The molecule has 3 amide bonds. The molecule has 1 saturated heterocycles. The lowest BCUT2D eigenvalue weighted by atomic mass is 9.91. The monoisotopic (exact) mass is 674 g/mol. The second-order valence-electron chi connectivity index (χ2n) is 12.4. The molecule has 0 saturated carbocycles. The third-order valence-electron chi connectivity index (χ3n) is 7.89. The van der Waals surface area contributed by atoms with Crippen LogP contribution in [0.5, 0.6) is 5.75 Å². The van der Waals surface area contributed by atoms with Crippen molar-refractivity contribution in [2.45, 2.75) is 84.7 Å². The summed E-state index contributed by atoms with van der Waals surface area (Å²) in [6.07, 6.45) is -3.59. The van der Waals surface area contributed by atoms with Crippen LogP contribution in [-0.2, 0) is 23.9 Å². The molecule has 47 heavy (non-hydrogen) atoms. The predicted molar refractivity (Wildman–Crippen MR) is 158 cm³/mol. The first kappa shape index (κ1) is 37.2. The molecule has 4 N–H and O–H groups in total. The van der Waals surface area contributed by atoms with E-state index in [1.807, 2.05) is 0 Å². The zero-order valence-corrected chi connectivity index (χ0v) is 26.4. The molecule has 0 radical (unpaired) electrons. The Bertz CT molecular complexity index is 1460. The van der Waals surface area contributed by atoms with Crippen molar-refractivity contribution >= 4 is 40.4 Å². The summed E-state index contributed by atoms with van der Waals surface area (Å²) in [5.74, 6) is -5.19. The molecule has 1 fully saturated rings. The number of ketones is 1. The maximum absolute atomic E-state index is 13.5. The van der Waals surface area contributed by atoms with Crippen LogP contribution < -0.4 is 20.7 Å². The molecular formula is C31H39F5N4O7. The molecule has 16 heteroatoms. The Balaban J connectivity index is 1.79. The van der Waals surface area contributed by atoms with Crippen LogP contribution in [0.3, 0.4) is 0 Å². The minimum absolute atomic E-state index is 0.0676. The fourth-order valence-electron chi connectivity index (χ4n) is 4.99. The van der Waals surface area contributed by atoms with Gasteiger partial charge in [-0.25, -0.2) is 0 Å². The van der Waals surface area contributed by atoms with Crippen molar-refractivity contribution in [1.29, 1.82) is 0 Å². The van der Waals surface area contributed by atoms with Crippen LogP contribution in [0, 0.1) is 17.3 Å². The Kier molecular flexibility index (Phi) is 12.3. The number of nitrogens with one attached hydrogen (secondary N) is 4. The molecule has 0 bridgehead atoms. The van der Waals surface area contributed by atoms with Gasteiger partial charge in [0.2, 0.25) is 11.8 Å². The lowest BCUT2D eigenvalue weighted by Gasteiger charge is -2.27. The Morgan fingerprint density at radius 2 is 1.77 bits per heavy atom. The largest absolute Gasteiger partial charge is 0.457 e. The van der Waals surface area contributed by atoms with Crippen LogP contribution in [0.1, 0.15) is 70.3 Å². The number of esters is 1. The van der Waals surface area contributed by atoms with Crippen molar-refractivity contribution < 1.29 is 55.4 Å². The molecule has 0 unspecified atom stereocenters. The first-order valence-corrected chi connectivity index (χ1v) is 15.1. The molecule has 2 heterocycles. The number of piperidine rings is 1. The summed E-state index contributed by atoms with van der Waals surface area (Å²) in [5, 5.41) is 8.00. The molecule has 2 aromatic rings. The molecular weight excluding hydrogens is 635 g/mol. The van der Waals surface area contributed by atoms with E-state index >= 15 is 0 Å². The Morgan fingerprint density at radius 3 is 2.38 bits per heavy atom. The molecule has 1 aliphatic rings. The van der Waals surface area contributed by atoms with E-state index < -0.39 is 66.4 Å². The summed E-state index contributed by atoms with van der Waals surface area (Å²) < 4.78 is 74.8. The molecule has 1 aromatic carbocycles. The molecule has 3 rings (SSSR count). The maximum Gasteiger partial charge on any atom is 0.404 e. The smallest absolute Gasteiger partial charge is 0.404 e. The Labute approximate surface area is 267 Å². The zero-order valence-electron chi connectivity index (χ0n) is 26.4. The minimum atomic E-state index is -4.94. The van der Waals surface area contributed by atoms with E-state index in [-0.39, 0.29) is 47.9 Å². The number of alkyl halides is 5. The number of hydrogen-bond acceptors (Lipinski definition) is 7. The second kappa shape index (κ2) is 15.6. The van der Waals surface area contributed by atoms with Gasteiger partial charge in [0.05, 0.1) is 6.04 Å². The number of carbonyl (C=O) groups excluding carboxylic acids is 5. The fourth-order valence-corrected chi connectivity index (χ4v) is 4.99. The van der Waals surface area contributed by atoms with Crippen molar-refractivity contribution in [2.24, 2.45) is 17.3 Å². The summed E-state index contributed by atoms with van der Waals surface area (Å²) in [6.45, 7) is 1.09. The molecule has 1 aromatic heterocycles. The Hall–Kier alpha value is -4.24. The van der Waals surface area contributed by atoms with Crippen LogP contribution in [-0.4, -0.2) is 72.5 Å². The second-order valence-corrected chi connectivity index (χ2v) is 12.4. The average Bonchev–Trinajstić information content (AvgIpc) is 3.43. The lowest BCUT2D eigenvalue weighted by Crippen LogP contribution is -2.53. The Morgan fingerprint density at radius 1 is 1.06 bits per heavy atom. The van der Waals surface area contributed by atoms with Gasteiger partial charge >= 0.3 is 18.8 Å². The van der Waals surface area contributed by atoms with E-state index in [4.69, 9.17) is 4.74 Å². The minimum Gasteiger partial charge on any atom is -0.457 e.